The number of carbonyl (C=O) groups is 1. The SMILES string of the molecule is N#CCN(CC#N)CCCC(=O)Nc1cc(N)ccc1F. The van der Waals surface area contributed by atoms with E-state index in [1.54, 1.807) is 4.90 Å². The van der Waals surface area contributed by atoms with Gasteiger partial charge in [0.15, 0.2) is 0 Å². The van der Waals surface area contributed by atoms with Crippen LogP contribution in [-0.4, -0.2) is 30.4 Å². The van der Waals surface area contributed by atoms with Gasteiger partial charge in [-0.05, 0) is 24.6 Å². The number of rotatable bonds is 7. The summed E-state index contributed by atoms with van der Waals surface area (Å²) in [4.78, 5) is 13.3. The summed E-state index contributed by atoms with van der Waals surface area (Å²) in [5, 5.41) is 19.6. The predicted octanol–water partition coefficient (Wildman–Crippen LogP) is 1.48. The van der Waals surface area contributed by atoms with Crippen LogP contribution in [0.1, 0.15) is 12.8 Å². The molecule has 0 radical (unpaired) electrons. The van der Waals surface area contributed by atoms with Crippen molar-refractivity contribution in [1.82, 2.24) is 4.90 Å². The summed E-state index contributed by atoms with van der Waals surface area (Å²) < 4.78 is 13.4. The Morgan fingerprint density at radius 1 is 1.33 bits per heavy atom. The van der Waals surface area contributed by atoms with Crippen molar-refractivity contribution < 1.29 is 9.18 Å². The molecule has 0 aromatic heterocycles. The summed E-state index contributed by atoms with van der Waals surface area (Å²) in [5.41, 5.74) is 5.93. The molecule has 0 saturated carbocycles. The number of hydrogen-bond acceptors (Lipinski definition) is 5. The Morgan fingerprint density at radius 2 is 2.00 bits per heavy atom. The molecule has 1 aromatic carbocycles. The molecule has 1 aromatic rings. The molecule has 1 rings (SSSR count). The molecule has 3 N–H and O–H groups in total. The van der Waals surface area contributed by atoms with Crippen LogP contribution in [0.3, 0.4) is 0 Å². The van der Waals surface area contributed by atoms with E-state index >= 15 is 0 Å². The Labute approximate surface area is 122 Å². The van der Waals surface area contributed by atoms with Crippen molar-refractivity contribution in [2.24, 2.45) is 0 Å². The van der Waals surface area contributed by atoms with Crippen molar-refractivity contribution >= 4 is 17.3 Å². The Morgan fingerprint density at radius 3 is 2.62 bits per heavy atom. The normalized spacial score (nSPS) is 9.90. The Balaban J connectivity index is 2.42. The van der Waals surface area contributed by atoms with Crippen LogP contribution >= 0.6 is 0 Å². The zero-order chi connectivity index (χ0) is 15.7. The van der Waals surface area contributed by atoms with Crippen molar-refractivity contribution in [2.75, 3.05) is 30.7 Å². The van der Waals surface area contributed by atoms with Gasteiger partial charge < -0.3 is 11.1 Å². The lowest BCUT2D eigenvalue weighted by atomic mass is 10.2. The summed E-state index contributed by atoms with van der Waals surface area (Å²) in [7, 11) is 0. The van der Waals surface area contributed by atoms with Gasteiger partial charge in [0.1, 0.15) is 5.82 Å². The standard InChI is InChI=1S/C14H16FN5O/c15-12-4-3-11(18)10-13(12)19-14(21)2-1-7-20(8-5-16)9-6-17/h3-4,10H,1-2,7-9,18H2,(H,19,21). The average Bonchev–Trinajstić information content (AvgIpc) is 2.43. The molecule has 0 saturated heterocycles. The van der Waals surface area contributed by atoms with E-state index in [1.165, 1.54) is 18.2 Å². The minimum absolute atomic E-state index is 0.0471. The van der Waals surface area contributed by atoms with Crippen LogP contribution in [0.25, 0.3) is 0 Å². The molecule has 6 nitrogen and oxygen atoms in total. The Hall–Kier alpha value is -2.64. The molecule has 0 aliphatic heterocycles. The third-order valence-corrected chi connectivity index (χ3v) is 2.73. The van der Waals surface area contributed by atoms with Crippen LogP contribution in [0.2, 0.25) is 0 Å². The molecule has 0 unspecified atom stereocenters. The number of amides is 1. The monoisotopic (exact) mass is 289 g/mol. The number of nitrogen functional groups attached to an aromatic ring is 1. The van der Waals surface area contributed by atoms with Crippen molar-refractivity contribution in [3.8, 4) is 12.1 Å². The Bertz CT molecular complexity index is 560. The van der Waals surface area contributed by atoms with Crippen LogP contribution in [-0.2, 0) is 4.79 Å². The smallest absolute Gasteiger partial charge is 0.224 e. The van der Waals surface area contributed by atoms with Gasteiger partial charge in [0.25, 0.3) is 0 Å². The number of nitrogens with zero attached hydrogens (tertiary/aromatic N) is 3. The van der Waals surface area contributed by atoms with E-state index in [9.17, 15) is 9.18 Å². The van der Waals surface area contributed by atoms with Gasteiger partial charge in [-0.2, -0.15) is 10.5 Å². The zero-order valence-electron chi connectivity index (χ0n) is 11.5. The maximum atomic E-state index is 13.4. The molecule has 7 heteroatoms. The molecule has 21 heavy (non-hydrogen) atoms. The highest BCUT2D eigenvalue weighted by atomic mass is 19.1. The quantitative estimate of drug-likeness (QED) is 0.584. The van der Waals surface area contributed by atoms with Gasteiger partial charge in [0.05, 0.1) is 30.9 Å². The molecule has 0 aliphatic carbocycles. The van der Waals surface area contributed by atoms with Crippen LogP contribution in [0.4, 0.5) is 15.8 Å². The lowest BCUT2D eigenvalue weighted by Gasteiger charge is -2.14. The molecule has 0 fully saturated rings. The van der Waals surface area contributed by atoms with Gasteiger partial charge in [0.2, 0.25) is 5.91 Å². The van der Waals surface area contributed by atoms with Crippen molar-refractivity contribution in [1.29, 1.82) is 10.5 Å². The maximum absolute atomic E-state index is 13.4. The molecule has 1 amide bonds. The average molecular weight is 289 g/mol. The van der Waals surface area contributed by atoms with E-state index in [0.717, 1.165) is 0 Å². The summed E-state index contributed by atoms with van der Waals surface area (Å²) in [5.74, 6) is -0.887. The first-order valence-electron chi connectivity index (χ1n) is 6.38. The fraction of sp³-hybridized carbons (Fsp3) is 0.357. The van der Waals surface area contributed by atoms with Crippen molar-refractivity contribution in [3.63, 3.8) is 0 Å². The minimum Gasteiger partial charge on any atom is -0.399 e. The maximum Gasteiger partial charge on any atom is 0.224 e. The highest BCUT2D eigenvalue weighted by molar-refractivity contribution is 5.91. The van der Waals surface area contributed by atoms with Gasteiger partial charge in [-0.1, -0.05) is 0 Å². The first kappa shape index (κ1) is 16.4. The molecule has 0 heterocycles. The molecular weight excluding hydrogens is 273 g/mol. The third-order valence-electron chi connectivity index (χ3n) is 2.73. The van der Waals surface area contributed by atoms with E-state index in [1.807, 2.05) is 12.1 Å². The lowest BCUT2D eigenvalue weighted by Crippen LogP contribution is -2.26. The second kappa shape index (κ2) is 8.51. The van der Waals surface area contributed by atoms with E-state index in [-0.39, 0.29) is 31.1 Å². The van der Waals surface area contributed by atoms with Gasteiger partial charge in [-0.15, -0.1) is 0 Å². The number of nitrogens with one attached hydrogen (secondary N) is 1. The fourth-order valence-electron chi connectivity index (χ4n) is 1.73. The third kappa shape index (κ3) is 5.89. The van der Waals surface area contributed by atoms with Crippen LogP contribution in [0.15, 0.2) is 18.2 Å². The van der Waals surface area contributed by atoms with Crippen LogP contribution < -0.4 is 11.1 Å². The van der Waals surface area contributed by atoms with Crippen molar-refractivity contribution in [2.45, 2.75) is 12.8 Å². The lowest BCUT2D eigenvalue weighted by molar-refractivity contribution is -0.116. The number of nitrogens with two attached hydrogens (primary N) is 1. The van der Waals surface area contributed by atoms with Crippen molar-refractivity contribution in [3.05, 3.63) is 24.0 Å². The topological polar surface area (TPSA) is 106 Å². The zero-order valence-corrected chi connectivity index (χ0v) is 11.5. The summed E-state index contributed by atoms with van der Waals surface area (Å²) in [6, 6.07) is 7.86. The number of anilines is 2. The summed E-state index contributed by atoms with van der Waals surface area (Å²) in [6.45, 7) is 0.728. The van der Waals surface area contributed by atoms with Gasteiger partial charge in [-0.25, -0.2) is 4.39 Å². The van der Waals surface area contributed by atoms with E-state index in [0.29, 0.717) is 18.7 Å². The first-order valence-corrected chi connectivity index (χ1v) is 6.38. The number of carbonyl (C=O) groups excluding carboxylic acids is 1. The molecule has 0 aliphatic rings. The largest absolute Gasteiger partial charge is 0.399 e. The molecule has 0 atom stereocenters. The van der Waals surface area contributed by atoms with E-state index in [4.69, 9.17) is 16.3 Å². The number of hydrogen-bond donors (Lipinski definition) is 2. The molecule has 0 bridgehead atoms. The molecule has 0 spiro atoms. The minimum atomic E-state index is -0.548. The highest BCUT2D eigenvalue weighted by Gasteiger charge is 2.09. The van der Waals surface area contributed by atoms with Gasteiger partial charge in [0, 0.05) is 18.7 Å². The van der Waals surface area contributed by atoms with Gasteiger partial charge in [-0.3, -0.25) is 9.69 Å². The fourth-order valence-corrected chi connectivity index (χ4v) is 1.73. The first-order chi connectivity index (χ1) is 10.1. The molecular formula is C14H16FN5O. The second-order valence-electron chi connectivity index (χ2n) is 4.42. The predicted molar refractivity (Wildman–Crippen MR) is 76.3 cm³/mol. The van der Waals surface area contributed by atoms with Crippen LogP contribution in [0, 0.1) is 28.5 Å². The number of nitriles is 2. The summed E-state index contributed by atoms with van der Waals surface area (Å²) >= 11 is 0. The highest BCUT2D eigenvalue weighted by Crippen LogP contribution is 2.17. The number of benzene rings is 1. The van der Waals surface area contributed by atoms with Gasteiger partial charge >= 0.3 is 0 Å². The summed E-state index contributed by atoms with van der Waals surface area (Å²) in [6.07, 6.45) is 0.640. The van der Waals surface area contributed by atoms with E-state index in [2.05, 4.69) is 5.32 Å². The Kier molecular flexibility index (Phi) is 6.66. The molecule has 110 valence electrons. The van der Waals surface area contributed by atoms with Crippen LogP contribution in [0.5, 0.6) is 0 Å². The number of halogens is 1. The van der Waals surface area contributed by atoms with E-state index < -0.39 is 5.82 Å². The second-order valence-corrected chi connectivity index (χ2v) is 4.42.